The molecule has 2 aromatic rings. The van der Waals surface area contributed by atoms with Crippen LogP contribution in [0.25, 0.3) is 0 Å². The summed E-state index contributed by atoms with van der Waals surface area (Å²) in [5.41, 5.74) is 1.82. The van der Waals surface area contributed by atoms with Crippen molar-refractivity contribution < 1.29 is 24.2 Å². The zero-order valence-electron chi connectivity index (χ0n) is 16.6. The molecule has 156 valence electrons. The lowest BCUT2D eigenvalue weighted by Crippen LogP contribution is -2.41. The summed E-state index contributed by atoms with van der Waals surface area (Å²) in [4.78, 5) is 36.2. The number of hydrogen-bond acceptors (Lipinski definition) is 5. The number of allylic oxidation sites excluding steroid dienone is 2. The average Bonchev–Trinajstić information content (AvgIpc) is 2.75. The van der Waals surface area contributed by atoms with Crippen molar-refractivity contribution in [2.45, 2.75) is 19.3 Å². The van der Waals surface area contributed by atoms with Gasteiger partial charge in [-0.15, -0.1) is 0 Å². The fourth-order valence-electron chi connectivity index (χ4n) is 3.45. The van der Waals surface area contributed by atoms with Crippen LogP contribution in [0, 0.1) is 11.8 Å². The highest BCUT2D eigenvalue weighted by molar-refractivity contribution is 5.97. The molecule has 2 N–H and O–H groups in total. The highest BCUT2D eigenvalue weighted by Crippen LogP contribution is 2.30. The Labute approximate surface area is 174 Å². The molecule has 2 amide bonds. The molecule has 0 aliphatic heterocycles. The molecule has 2 aromatic carbocycles. The first-order valence-electron chi connectivity index (χ1n) is 9.66. The number of anilines is 2. The van der Waals surface area contributed by atoms with Crippen molar-refractivity contribution in [3.63, 3.8) is 0 Å². The summed E-state index contributed by atoms with van der Waals surface area (Å²) in [6.45, 7) is 0. The smallest absolute Gasteiger partial charge is 0.228 e. The minimum atomic E-state index is -1.23. The maximum Gasteiger partial charge on any atom is 0.228 e. The molecule has 0 unspecified atom stereocenters. The first-order valence-corrected chi connectivity index (χ1v) is 9.66. The standard InChI is InChI=1S/C23H24N2O5/c1-30-20-14-16(24-22(27)17-9-5-6-10-18(17)23(28)29)11-12-19(20)25-21(26)13-15-7-3-2-4-8-15/h2-8,11-12,14,17-18H,9-10,13H2,1H3,(H,24,27)(H,25,26)(H,28,29)/p-1/t17-,18-/m1/s1. The molecule has 30 heavy (non-hydrogen) atoms. The minimum absolute atomic E-state index is 0.193. The molecule has 0 heterocycles. The van der Waals surface area contributed by atoms with Crippen LogP contribution in [-0.4, -0.2) is 24.9 Å². The topological polar surface area (TPSA) is 108 Å². The van der Waals surface area contributed by atoms with Gasteiger partial charge in [0.25, 0.3) is 0 Å². The Kier molecular flexibility index (Phi) is 6.85. The van der Waals surface area contributed by atoms with E-state index in [2.05, 4.69) is 10.6 Å². The molecule has 2 atom stereocenters. The maximum absolute atomic E-state index is 12.6. The molecule has 0 bridgehead atoms. The highest BCUT2D eigenvalue weighted by Gasteiger charge is 2.30. The van der Waals surface area contributed by atoms with Crippen LogP contribution in [0.3, 0.4) is 0 Å². The quantitative estimate of drug-likeness (QED) is 0.684. The highest BCUT2D eigenvalue weighted by atomic mass is 16.5. The summed E-state index contributed by atoms with van der Waals surface area (Å²) in [7, 11) is 1.46. The van der Waals surface area contributed by atoms with E-state index < -0.39 is 23.7 Å². The van der Waals surface area contributed by atoms with Gasteiger partial charge in [-0.2, -0.15) is 0 Å². The van der Waals surface area contributed by atoms with Gasteiger partial charge in [0.15, 0.2) is 0 Å². The third kappa shape index (κ3) is 5.26. The Morgan fingerprint density at radius 2 is 1.70 bits per heavy atom. The monoisotopic (exact) mass is 407 g/mol. The number of nitrogens with one attached hydrogen (secondary N) is 2. The van der Waals surface area contributed by atoms with Gasteiger partial charge in [-0.1, -0.05) is 42.5 Å². The number of benzene rings is 2. The predicted molar refractivity (Wildman–Crippen MR) is 111 cm³/mol. The van der Waals surface area contributed by atoms with Gasteiger partial charge < -0.3 is 25.3 Å². The Bertz CT molecular complexity index is 955. The van der Waals surface area contributed by atoms with E-state index in [1.54, 1.807) is 30.4 Å². The molecule has 3 rings (SSSR count). The van der Waals surface area contributed by atoms with Gasteiger partial charge in [0.05, 0.1) is 25.1 Å². The van der Waals surface area contributed by atoms with Gasteiger partial charge in [-0.25, -0.2) is 0 Å². The van der Waals surface area contributed by atoms with Crippen LogP contribution in [0.5, 0.6) is 5.75 Å². The lowest BCUT2D eigenvalue weighted by atomic mass is 9.82. The third-order valence-corrected chi connectivity index (χ3v) is 5.02. The zero-order valence-corrected chi connectivity index (χ0v) is 16.6. The van der Waals surface area contributed by atoms with Gasteiger partial charge in [-0.05, 0) is 30.5 Å². The number of hydrogen-bond donors (Lipinski definition) is 2. The first kappa shape index (κ1) is 21.1. The molecule has 7 heteroatoms. The van der Waals surface area contributed by atoms with Crippen molar-refractivity contribution in [2.75, 3.05) is 17.7 Å². The van der Waals surface area contributed by atoms with Crippen molar-refractivity contribution >= 4 is 29.2 Å². The number of carboxylic acids is 1. The molecule has 0 fully saturated rings. The van der Waals surface area contributed by atoms with E-state index in [-0.39, 0.29) is 18.7 Å². The molecule has 0 saturated carbocycles. The fourth-order valence-corrected chi connectivity index (χ4v) is 3.45. The zero-order chi connectivity index (χ0) is 21.5. The van der Waals surface area contributed by atoms with Crippen molar-refractivity contribution in [2.24, 2.45) is 11.8 Å². The van der Waals surface area contributed by atoms with E-state index in [9.17, 15) is 19.5 Å². The summed E-state index contributed by atoms with van der Waals surface area (Å²) in [6.07, 6.45) is 4.39. The van der Waals surface area contributed by atoms with Crippen molar-refractivity contribution in [1.29, 1.82) is 0 Å². The van der Waals surface area contributed by atoms with Crippen molar-refractivity contribution in [3.8, 4) is 5.75 Å². The van der Waals surface area contributed by atoms with E-state index in [4.69, 9.17) is 4.74 Å². The van der Waals surface area contributed by atoms with Gasteiger partial charge in [0.1, 0.15) is 5.75 Å². The first-order chi connectivity index (χ1) is 14.5. The van der Waals surface area contributed by atoms with Gasteiger partial charge in [0, 0.05) is 23.6 Å². The van der Waals surface area contributed by atoms with Crippen molar-refractivity contribution in [1.82, 2.24) is 0 Å². The Morgan fingerprint density at radius 3 is 2.37 bits per heavy atom. The number of methoxy groups -OCH3 is 1. The second-order valence-electron chi connectivity index (χ2n) is 7.09. The molecule has 1 aliphatic rings. The predicted octanol–water partition coefficient (Wildman–Crippen LogP) is 2.15. The number of amides is 2. The van der Waals surface area contributed by atoms with E-state index in [1.165, 1.54) is 7.11 Å². The number of rotatable bonds is 7. The molecular weight excluding hydrogens is 384 g/mol. The summed E-state index contributed by atoms with van der Waals surface area (Å²) in [5, 5.41) is 16.9. The Hall–Kier alpha value is -3.61. The lowest BCUT2D eigenvalue weighted by molar-refractivity contribution is -0.313. The van der Waals surface area contributed by atoms with Crippen LogP contribution in [0.2, 0.25) is 0 Å². The minimum Gasteiger partial charge on any atom is -0.550 e. The number of carbonyl (C=O) groups excluding carboxylic acids is 3. The third-order valence-electron chi connectivity index (χ3n) is 5.02. The summed E-state index contributed by atoms with van der Waals surface area (Å²) < 4.78 is 5.34. The summed E-state index contributed by atoms with van der Waals surface area (Å²) in [5.74, 6) is -2.98. The number of aliphatic carboxylic acids is 1. The largest absolute Gasteiger partial charge is 0.550 e. The van der Waals surface area contributed by atoms with E-state index in [0.29, 0.717) is 23.5 Å². The molecular formula is C23H23N2O5-. The second kappa shape index (κ2) is 9.73. The van der Waals surface area contributed by atoms with E-state index >= 15 is 0 Å². The fraction of sp³-hybridized carbons (Fsp3) is 0.261. The van der Waals surface area contributed by atoms with Gasteiger partial charge in [-0.3, -0.25) is 9.59 Å². The Balaban J connectivity index is 1.67. The number of carboxylic acid groups (broad SMARTS) is 1. The van der Waals surface area contributed by atoms with Crippen molar-refractivity contribution in [3.05, 3.63) is 66.2 Å². The van der Waals surface area contributed by atoms with E-state index in [1.807, 2.05) is 30.3 Å². The van der Waals surface area contributed by atoms with Gasteiger partial charge >= 0.3 is 0 Å². The molecule has 0 saturated heterocycles. The second-order valence-corrected chi connectivity index (χ2v) is 7.09. The normalized spacial score (nSPS) is 17.8. The summed E-state index contributed by atoms with van der Waals surface area (Å²) in [6, 6.07) is 14.2. The number of ether oxygens (including phenoxy) is 1. The van der Waals surface area contributed by atoms with Crippen LogP contribution in [0.4, 0.5) is 11.4 Å². The van der Waals surface area contributed by atoms with Crippen LogP contribution in [-0.2, 0) is 20.8 Å². The molecule has 7 nitrogen and oxygen atoms in total. The van der Waals surface area contributed by atoms with Crippen LogP contribution >= 0.6 is 0 Å². The lowest BCUT2D eigenvalue weighted by Gasteiger charge is -2.28. The SMILES string of the molecule is COc1cc(NC(=O)[C@@H]2CC=CC[C@H]2C(=O)[O-])ccc1NC(=O)Cc1ccccc1. The summed E-state index contributed by atoms with van der Waals surface area (Å²) >= 11 is 0. The average molecular weight is 407 g/mol. The van der Waals surface area contributed by atoms with Crippen LogP contribution in [0.15, 0.2) is 60.7 Å². The number of carbonyl (C=O) groups is 3. The molecule has 0 spiro atoms. The van der Waals surface area contributed by atoms with Crippen LogP contribution < -0.4 is 20.5 Å². The van der Waals surface area contributed by atoms with Gasteiger partial charge in [0.2, 0.25) is 11.8 Å². The maximum atomic E-state index is 12.6. The molecule has 1 aliphatic carbocycles. The molecule has 0 radical (unpaired) electrons. The Morgan fingerprint density at radius 1 is 1.00 bits per heavy atom. The van der Waals surface area contributed by atoms with E-state index in [0.717, 1.165) is 5.56 Å². The molecule has 0 aromatic heterocycles. The van der Waals surface area contributed by atoms with Crippen LogP contribution in [0.1, 0.15) is 18.4 Å².